The molecule has 14 heavy (non-hydrogen) atoms. The number of pyridine rings is 1. The SMILES string of the molecule is C=C[C@@H](N)c1nccc2ccccc12. The molecule has 0 aliphatic rings. The van der Waals surface area contributed by atoms with E-state index in [0.717, 1.165) is 16.5 Å². The molecule has 1 atom stereocenters. The summed E-state index contributed by atoms with van der Waals surface area (Å²) in [5, 5.41) is 2.26. The molecule has 0 bridgehead atoms. The van der Waals surface area contributed by atoms with E-state index >= 15 is 0 Å². The average Bonchev–Trinajstić information content (AvgIpc) is 2.27. The molecule has 1 aromatic carbocycles. The lowest BCUT2D eigenvalue weighted by atomic mass is 10.1. The Hall–Kier alpha value is -1.67. The summed E-state index contributed by atoms with van der Waals surface area (Å²) in [4.78, 5) is 4.28. The number of nitrogens with two attached hydrogens (primary N) is 1. The number of nitrogens with zero attached hydrogens (tertiary/aromatic N) is 1. The first-order chi connectivity index (χ1) is 6.83. The molecule has 2 aromatic rings. The molecule has 2 nitrogen and oxygen atoms in total. The van der Waals surface area contributed by atoms with Crippen molar-refractivity contribution in [2.24, 2.45) is 5.73 Å². The molecule has 1 heterocycles. The van der Waals surface area contributed by atoms with Crippen LogP contribution in [0.2, 0.25) is 0 Å². The lowest BCUT2D eigenvalue weighted by Gasteiger charge is -2.08. The van der Waals surface area contributed by atoms with Gasteiger partial charge in [-0.15, -0.1) is 6.58 Å². The second-order valence-corrected chi connectivity index (χ2v) is 3.18. The number of hydrogen-bond acceptors (Lipinski definition) is 2. The van der Waals surface area contributed by atoms with E-state index in [1.807, 2.05) is 24.3 Å². The van der Waals surface area contributed by atoms with Crippen LogP contribution >= 0.6 is 0 Å². The fourth-order valence-electron chi connectivity index (χ4n) is 1.52. The maximum absolute atomic E-state index is 5.88. The molecule has 0 aliphatic carbocycles. The van der Waals surface area contributed by atoms with Gasteiger partial charge in [0, 0.05) is 11.6 Å². The smallest absolute Gasteiger partial charge is 0.0688 e. The highest BCUT2D eigenvalue weighted by atomic mass is 14.8. The fourth-order valence-corrected chi connectivity index (χ4v) is 1.52. The average molecular weight is 184 g/mol. The number of hydrogen-bond donors (Lipinski definition) is 1. The minimum absolute atomic E-state index is 0.193. The first-order valence-corrected chi connectivity index (χ1v) is 4.54. The van der Waals surface area contributed by atoms with Crippen LogP contribution in [0, 0.1) is 0 Å². The summed E-state index contributed by atoms with van der Waals surface area (Å²) in [5.74, 6) is 0. The van der Waals surface area contributed by atoms with E-state index < -0.39 is 0 Å². The first-order valence-electron chi connectivity index (χ1n) is 4.54. The van der Waals surface area contributed by atoms with Gasteiger partial charge in [0.1, 0.15) is 0 Å². The molecule has 2 heteroatoms. The van der Waals surface area contributed by atoms with Crippen LogP contribution in [0.1, 0.15) is 11.7 Å². The zero-order valence-corrected chi connectivity index (χ0v) is 7.85. The molecular formula is C12H12N2. The Balaban J connectivity index is 2.70. The molecule has 0 radical (unpaired) electrons. The van der Waals surface area contributed by atoms with Crippen LogP contribution in [-0.4, -0.2) is 4.98 Å². The van der Waals surface area contributed by atoms with Crippen molar-refractivity contribution in [3.63, 3.8) is 0 Å². The van der Waals surface area contributed by atoms with E-state index in [4.69, 9.17) is 5.73 Å². The summed E-state index contributed by atoms with van der Waals surface area (Å²) in [6.45, 7) is 3.68. The summed E-state index contributed by atoms with van der Waals surface area (Å²) < 4.78 is 0. The molecule has 0 saturated heterocycles. The highest BCUT2D eigenvalue weighted by molar-refractivity contribution is 5.84. The largest absolute Gasteiger partial charge is 0.319 e. The molecule has 0 amide bonds. The molecule has 2 N–H and O–H groups in total. The van der Waals surface area contributed by atoms with E-state index in [1.165, 1.54) is 0 Å². The van der Waals surface area contributed by atoms with E-state index in [9.17, 15) is 0 Å². The van der Waals surface area contributed by atoms with Crippen molar-refractivity contribution in [2.45, 2.75) is 6.04 Å². The van der Waals surface area contributed by atoms with Crippen molar-refractivity contribution in [1.82, 2.24) is 4.98 Å². The number of aromatic nitrogens is 1. The Kier molecular flexibility index (Phi) is 2.29. The van der Waals surface area contributed by atoms with Gasteiger partial charge in [0.05, 0.1) is 11.7 Å². The number of fused-ring (bicyclic) bond motifs is 1. The summed E-state index contributed by atoms with van der Waals surface area (Å²) in [7, 11) is 0. The van der Waals surface area contributed by atoms with E-state index in [-0.39, 0.29) is 6.04 Å². The Bertz CT molecular complexity index is 457. The second-order valence-electron chi connectivity index (χ2n) is 3.18. The van der Waals surface area contributed by atoms with Crippen molar-refractivity contribution >= 4 is 10.8 Å². The lowest BCUT2D eigenvalue weighted by Crippen LogP contribution is -2.08. The number of rotatable bonds is 2. The van der Waals surface area contributed by atoms with Crippen LogP contribution in [0.15, 0.2) is 49.2 Å². The van der Waals surface area contributed by atoms with Crippen molar-refractivity contribution in [3.05, 3.63) is 54.9 Å². The normalized spacial score (nSPS) is 12.6. The van der Waals surface area contributed by atoms with Crippen LogP contribution in [0.5, 0.6) is 0 Å². The van der Waals surface area contributed by atoms with Gasteiger partial charge in [0.15, 0.2) is 0 Å². The topological polar surface area (TPSA) is 38.9 Å². The minimum atomic E-state index is -0.193. The molecular weight excluding hydrogens is 172 g/mol. The zero-order chi connectivity index (χ0) is 9.97. The minimum Gasteiger partial charge on any atom is -0.319 e. The van der Waals surface area contributed by atoms with Crippen LogP contribution in [-0.2, 0) is 0 Å². The van der Waals surface area contributed by atoms with E-state index in [1.54, 1.807) is 12.3 Å². The zero-order valence-electron chi connectivity index (χ0n) is 7.85. The Morgan fingerprint density at radius 3 is 2.86 bits per heavy atom. The Morgan fingerprint density at radius 1 is 1.29 bits per heavy atom. The van der Waals surface area contributed by atoms with Gasteiger partial charge in [-0.05, 0) is 11.5 Å². The standard InChI is InChI=1S/C12H12N2/c1-2-11(13)12-10-6-4-3-5-9(10)7-8-14-12/h2-8,11H,1,13H2/t11-/m1/s1. The van der Waals surface area contributed by atoms with E-state index in [2.05, 4.69) is 17.6 Å². The van der Waals surface area contributed by atoms with Crippen molar-refractivity contribution in [2.75, 3.05) is 0 Å². The summed E-state index contributed by atoms with van der Waals surface area (Å²) >= 11 is 0. The molecule has 0 spiro atoms. The maximum Gasteiger partial charge on any atom is 0.0688 e. The van der Waals surface area contributed by atoms with Gasteiger partial charge >= 0.3 is 0 Å². The highest BCUT2D eigenvalue weighted by Crippen LogP contribution is 2.20. The summed E-state index contributed by atoms with van der Waals surface area (Å²) in [5.41, 5.74) is 6.77. The van der Waals surface area contributed by atoms with E-state index in [0.29, 0.717) is 0 Å². The van der Waals surface area contributed by atoms with Gasteiger partial charge in [-0.3, -0.25) is 4.98 Å². The monoisotopic (exact) mass is 184 g/mol. The third kappa shape index (κ3) is 1.40. The quantitative estimate of drug-likeness (QED) is 0.728. The van der Waals surface area contributed by atoms with Crippen LogP contribution in [0.25, 0.3) is 10.8 Å². The summed E-state index contributed by atoms with van der Waals surface area (Å²) in [6, 6.07) is 9.86. The first kappa shape index (κ1) is 8.91. The molecule has 2 rings (SSSR count). The van der Waals surface area contributed by atoms with Gasteiger partial charge in [0.2, 0.25) is 0 Å². The molecule has 0 saturated carbocycles. The highest BCUT2D eigenvalue weighted by Gasteiger charge is 2.06. The van der Waals surface area contributed by atoms with Crippen molar-refractivity contribution in [1.29, 1.82) is 0 Å². The fraction of sp³-hybridized carbons (Fsp3) is 0.0833. The number of benzene rings is 1. The third-order valence-corrected chi connectivity index (χ3v) is 2.27. The Morgan fingerprint density at radius 2 is 2.07 bits per heavy atom. The predicted molar refractivity (Wildman–Crippen MR) is 58.9 cm³/mol. The van der Waals surface area contributed by atoms with Crippen molar-refractivity contribution in [3.8, 4) is 0 Å². The van der Waals surface area contributed by atoms with Crippen LogP contribution < -0.4 is 5.73 Å². The second kappa shape index (κ2) is 3.60. The predicted octanol–water partition coefficient (Wildman–Crippen LogP) is 2.42. The molecule has 0 fully saturated rings. The summed E-state index contributed by atoms with van der Waals surface area (Å²) in [6.07, 6.45) is 3.48. The van der Waals surface area contributed by atoms with Gasteiger partial charge in [-0.25, -0.2) is 0 Å². The van der Waals surface area contributed by atoms with Gasteiger partial charge in [0.25, 0.3) is 0 Å². The van der Waals surface area contributed by atoms with Crippen molar-refractivity contribution < 1.29 is 0 Å². The van der Waals surface area contributed by atoms with Gasteiger partial charge in [-0.1, -0.05) is 30.3 Å². The molecule has 0 aliphatic heterocycles. The molecule has 70 valence electrons. The molecule has 0 unspecified atom stereocenters. The van der Waals surface area contributed by atoms with Crippen LogP contribution in [0.3, 0.4) is 0 Å². The van der Waals surface area contributed by atoms with Crippen LogP contribution in [0.4, 0.5) is 0 Å². The lowest BCUT2D eigenvalue weighted by molar-refractivity contribution is 0.877. The van der Waals surface area contributed by atoms with Gasteiger partial charge < -0.3 is 5.73 Å². The maximum atomic E-state index is 5.88. The molecule has 1 aromatic heterocycles. The van der Waals surface area contributed by atoms with Gasteiger partial charge in [-0.2, -0.15) is 0 Å². The Labute approximate surface area is 83.1 Å². The third-order valence-electron chi connectivity index (χ3n) is 2.27.